The lowest BCUT2D eigenvalue weighted by Crippen LogP contribution is -2.43. The second kappa shape index (κ2) is 9.14. The first kappa shape index (κ1) is 19.8. The third kappa shape index (κ3) is 6.40. The highest BCUT2D eigenvalue weighted by Gasteiger charge is 2.26. The van der Waals surface area contributed by atoms with E-state index in [1.807, 2.05) is 26.0 Å². The van der Waals surface area contributed by atoms with E-state index in [2.05, 4.69) is 23.6 Å². The van der Waals surface area contributed by atoms with E-state index in [9.17, 15) is 4.79 Å². The third-order valence-corrected chi connectivity index (χ3v) is 4.45. The quantitative estimate of drug-likeness (QED) is 0.837. The Morgan fingerprint density at radius 3 is 2.70 bits per heavy atom. The van der Waals surface area contributed by atoms with Crippen LogP contribution in [-0.4, -0.2) is 32.1 Å². The molecule has 1 aliphatic rings. The highest BCUT2D eigenvalue weighted by atomic mass is 35.5. The van der Waals surface area contributed by atoms with Crippen molar-refractivity contribution in [3.8, 4) is 5.75 Å². The van der Waals surface area contributed by atoms with Crippen LogP contribution in [0.4, 0.5) is 0 Å². The molecule has 0 aromatic heterocycles. The SMILES string of the molecule is Cc1ccc(C)c(OCCC(=O)NCC2(C)CCNCC2)c1.Cl. The topological polar surface area (TPSA) is 50.4 Å². The Morgan fingerprint density at radius 2 is 2.00 bits per heavy atom. The second-order valence-corrected chi connectivity index (χ2v) is 6.70. The van der Waals surface area contributed by atoms with Gasteiger partial charge in [0.25, 0.3) is 0 Å². The maximum absolute atomic E-state index is 12.0. The number of hydrogen-bond acceptors (Lipinski definition) is 3. The fourth-order valence-electron chi connectivity index (χ4n) is 2.72. The predicted molar refractivity (Wildman–Crippen MR) is 96.5 cm³/mol. The molecule has 1 aromatic rings. The average Bonchev–Trinajstić information content (AvgIpc) is 2.50. The van der Waals surface area contributed by atoms with E-state index in [-0.39, 0.29) is 23.7 Å². The molecule has 5 heteroatoms. The molecular formula is C18H29ClN2O2. The number of ether oxygens (including phenoxy) is 1. The molecule has 1 aromatic carbocycles. The molecular weight excluding hydrogens is 312 g/mol. The van der Waals surface area contributed by atoms with Gasteiger partial charge in [0.15, 0.2) is 0 Å². The van der Waals surface area contributed by atoms with E-state index in [0.29, 0.717) is 13.0 Å². The summed E-state index contributed by atoms with van der Waals surface area (Å²) in [6.07, 6.45) is 2.64. The first-order valence-electron chi connectivity index (χ1n) is 8.16. The van der Waals surface area contributed by atoms with Crippen LogP contribution in [0.3, 0.4) is 0 Å². The molecule has 4 nitrogen and oxygen atoms in total. The number of aryl methyl sites for hydroxylation is 2. The van der Waals surface area contributed by atoms with Gasteiger partial charge in [-0.05, 0) is 62.4 Å². The smallest absolute Gasteiger partial charge is 0.223 e. The average molecular weight is 341 g/mol. The summed E-state index contributed by atoms with van der Waals surface area (Å²) in [5.74, 6) is 0.947. The van der Waals surface area contributed by atoms with Gasteiger partial charge in [-0.15, -0.1) is 12.4 Å². The van der Waals surface area contributed by atoms with E-state index in [1.165, 1.54) is 5.56 Å². The van der Waals surface area contributed by atoms with Crippen molar-refractivity contribution in [1.29, 1.82) is 0 Å². The maximum atomic E-state index is 12.0. The van der Waals surface area contributed by atoms with Gasteiger partial charge in [-0.25, -0.2) is 0 Å². The number of nitrogens with one attached hydrogen (secondary N) is 2. The third-order valence-electron chi connectivity index (χ3n) is 4.45. The summed E-state index contributed by atoms with van der Waals surface area (Å²) in [5, 5.41) is 6.42. The number of halogens is 1. The van der Waals surface area contributed by atoms with Gasteiger partial charge in [-0.1, -0.05) is 19.1 Å². The molecule has 1 amide bonds. The van der Waals surface area contributed by atoms with Crippen LogP contribution in [0, 0.1) is 19.3 Å². The molecule has 0 radical (unpaired) electrons. The molecule has 2 rings (SSSR count). The second-order valence-electron chi connectivity index (χ2n) is 6.70. The molecule has 23 heavy (non-hydrogen) atoms. The summed E-state index contributed by atoms with van der Waals surface area (Å²) < 4.78 is 5.73. The monoisotopic (exact) mass is 340 g/mol. The van der Waals surface area contributed by atoms with E-state index in [4.69, 9.17) is 4.74 Å². The van der Waals surface area contributed by atoms with Crippen molar-refractivity contribution in [2.45, 2.75) is 40.0 Å². The van der Waals surface area contributed by atoms with Crippen LogP contribution in [0.15, 0.2) is 18.2 Å². The number of rotatable bonds is 6. The van der Waals surface area contributed by atoms with Gasteiger partial charge in [0.2, 0.25) is 5.91 Å². The molecule has 1 aliphatic heterocycles. The van der Waals surface area contributed by atoms with E-state index in [1.54, 1.807) is 0 Å². The first-order valence-corrected chi connectivity index (χ1v) is 8.16. The minimum atomic E-state index is 0. The molecule has 130 valence electrons. The fourth-order valence-corrected chi connectivity index (χ4v) is 2.72. The molecule has 0 aliphatic carbocycles. The van der Waals surface area contributed by atoms with Crippen molar-refractivity contribution in [3.05, 3.63) is 29.3 Å². The van der Waals surface area contributed by atoms with Crippen LogP contribution in [0.1, 0.15) is 37.3 Å². The summed E-state index contributed by atoms with van der Waals surface area (Å²) in [6.45, 7) is 9.59. The molecule has 0 bridgehead atoms. The van der Waals surface area contributed by atoms with Gasteiger partial charge in [0.05, 0.1) is 13.0 Å². The van der Waals surface area contributed by atoms with Gasteiger partial charge >= 0.3 is 0 Å². The van der Waals surface area contributed by atoms with Crippen molar-refractivity contribution in [1.82, 2.24) is 10.6 Å². The van der Waals surface area contributed by atoms with Gasteiger partial charge in [0.1, 0.15) is 5.75 Å². The van der Waals surface area contributed by atoms with Crippen molar-refractivity contribution in [2.75, 3.05) is 26.2 Å². The van der Waals surface area contributed by atoms with Crippen LogP contribution in [-0.2, 0) is 4.79 Å². The number of benzene rings is 1. The Hall–Kier alpha value is -1.26. The number of carbonyl (C=O) groups excluding carboxylic acids is 1. The lowest BCUT2D eigenvalue weighted by molar-refractivity contribution is -0.122. The van der Waals surface area contributed by atoms with Crippen LogP contribution in [0.5, 0.6) is 5.75 Å². The Balaban J connectivity index is 0.00000264. The van der Waals surface area contributed by atoms with Crippen molar-refractivity contribution >= 4 is 18.3 Å². The number of carbonyl (C=O) groups is 1. The Bertz CT molecular complexity index is 514. The fraction of sp³-hybridized carbons (Fsp3) is 0.611. The number of piperidine rings is 1. The van der Waals surface area contributed by atoms with Crippen molar-refractivity contribution in [3.63, 3.8) is 0 Å². The summed E-state index contributed by atoms with van der Waals surface area (Å²) in [6, 6.07) is 6.13. The van der Waals surface area contributed by atoms with Gasteiger partial charge in [-0.2, -0.15) is 0 Å². The van der Waals surface area contributed by atoms with E-state index < -0.39 is 0 Å². The number of hydrogen-bond donors (Lipinski definition) is 2. The van der Waals surface area contributed by atoms with Crippen LogP contribution in [0.2, 0.25) is 0 Å². The van der Waals surface area contributed by atoms with Crippen molar-refractivity contribution in [2.24, 2.45) is 5.41 Å². The Labute approximate surface area is 145 Å². The van der Waals surface area contributed by atoms with Crippen molar-refractivity contribution < 1.29 is 9.53 Å². The summed E-state index contributed by atoms with van der Waals surface area (Å²) >= 11 is 0. The zero-order chi connectivity index (χ0) is 16.0. The molecule has 0 atom stereocenters. The highest BCUT2D eigenvalue weighted by Crippen LogP contribution is 2.26. The van der Waals surface area contributed by atoms with Crippen LogP contribution < -0.4 is 15.4 Å². The van der Waals surface area contributed by atoms with E-state index in [0.717, 1.165) is 43.8 Å². The van der Waals surface area contributed by atoms with Gasteiger partial charge in [-0.3, -0.25) is 4.79 Å². The molecule has 0 spiro atoms. The van der Waals surface area contributed by atoms with Gasteiger partial charge < -0.3 is 15.4 Å². The number of amides is 1. The first-order chi connectivity index (χ1) is 10.5. The summed E-state index contributed by atoms with van der Waals surface area (Å²) in [5.41, 5.74) is 2.51. The molecule has 2 N–H and O–H groups in total. The zero-order valence-corrected chi connectivity index (χ0v) is 15.2. The lowest BCUT2D eigenvalue weighted by Gasteiger charge is -2.34. The van der Waals surface area contributed by atoms with Crippen LogP contribution in [0.25, 0.3) is 0 Å². The minimum absolute atomic E-state index is 0. The minimum Gasteiger partial charge on any atom is -0.493 e. The largest absolute Gasteiger partial charge is 0.493 e. The molecule has 0 unspecified atom stereocenters. The normalized spacial score (nSPS) is 16.3. The summed E-state index contributed by atoms with van der Waals surface area (Å²) in [4.78, 5) is 12.0. The zero-order valence-electron chi connectivity index (χ0n) is 14.4. The Morgan fingerprint density at radius 1 is 1.30 bits per heavy atom. The van der Waals surface area contributed by atoms with E-state index >= 15 is 0 Å². The summed E-state index contributed by atoms with van der Waals surface area (Å²) in [7, 11) is 0. The Kier molecular flexibility index (Phi) is 7.86. The molecule has 0 saturated carbocycles. The molecule has 1 saturated heterocycles. The maximum Gasteiger partial charge on any atom is 0.223 e. The molecule has 1 heterocycles. The lowest BCUT2D eigenvalue weighted by atomic mass is 9.81. The highest BCUT2D eigenvalue weighted by molar-refractivity contribution is 5.85. The van der Waals surface area contributed by atoms with Gasteiger partial charge in [0, 0.05) is 6.54 Å². The molecule has 1 fully saturated rings. The standard InChI is InChI=1S/C18H28N2O2.ClH/c1-14-4-5-15(2)16(12-14)22-11-6-17(21)20-13-18(3)7-9-19-10-8-18;/h4-5,12,19H,6-11,13H2,1-3H3,(H,20,21);1H. The van der Waals surface area contributed by atoms with Crippen LogP contribution >= 0.6 is 12.4 Å². The predicted octanol–water partition coefficient (Wildman–Crippen LogP) is 3.00.